The van der Waals surface area contributed by atoms with Gasteiger partial charge in [0.1, 0.15) is 0 Å². The molecule has 0 bridgehead atoms. The summed E-state index contributed by atoms with van der Waals surface area (Å²) in [4.78, 5) is 25.7. The van der Waals surface area contributed by atoms with Crippen LogP contribution >= 0.6 is 0 Å². The Balaban J connectivity index is 1.36. The molecular formula is C18H26N4O3. The maximum atomic E-state index is 12.1. The largest absolute Gasteiger partial charge is 0.453 e. The molecule has 25 heavy (non-hydrogen) atoms. The van der Waals surface area contributed by atoms with E-state index in [1.54, 1.807) is 12.1 Å². The van der Waals surface area contributed by atoms with E-state index in [9.17, 15) is 9.59 Å². The van der Waals surface area contributed by atoms with Crippen LogP contribution < -0.4 is 16.0 Å². The summed E-state index contributed by atoms with van der Waals surface area (Å²) in [7, 11) is 1.32. The molecule has 0 radical (unpaired) electrons. The van der Waals surface area contributed by atoms with Crippen LogP contribution in [0.1, 0.15) is 31.2 Å². The van der Waals surface area contributed by atoms with Gasteiger partial charge in [0.25, 0.3) is 0 Å². The van der Waals surface area contributed by atoms with E-state index in [4.69, 9.17) is 0 Å². The summed E-state index contributed by atoms with van der Waals surface area (Å²) < 4.78 is 4.54. The van der Waals surface area contributed by atoms with Gasteiger partial charge in [0, 0.05) is 37.4 Å². The number of ether oxygens (including phenoxy) is 1. The Morgan fingerprint density at radius 1 is 1.12 bits per heavy atom. The molecule has 3 rings (SSSR count). The molecule has 0 spiro atoms. The first-order valence-corrected chi connectivity index (χ1v) is 8.86. The van der Waals surface area contributed by atoms with Gasteiger partial charge in [0.05, 0.1) is 7.11 Å². The van der Waals surface area contributed by atoms with Crippen LogP contribution in [0.2, 0.25) is 0 Å². The normalized spacial score (nSPS) is 18.4. The number of nitrogens with zero attached hydrogens (tertiary/aromatic N) is 1. The topological polar surface area (TPSA) is 82.7 Å². The number of methoxy groups -OCH3 is 1. The van der Waals surface area contributed by atoms with E-state index in [1.807, 2.05) is 12.1 Å². The number of carbonyl (C=O) groups excluding carboxylic acids is 2. The van der Waals surface area contributed by atoms with Gasteiger partial charge in [0.2, 0.25) is 0 Å². The lowest BCUT2D eigenvalue weighted by atomic mass is 10.1. The first kappa shape index (κ1) is 17.5. The van der Waals surface area contributed by atoms with Crippen molar-refractivity contribution in [2.24, 2.45) is 0 Å². The lowest BCUT2D eigenvalue weighted by Gasteiger charge is -2.32. The van der Waals surface area contributed by atoms with Crippen LogP contribution in [0, 0.1) is 0 Å². The predicted molar refractivity (Wildman–Crippen MR) is 95.5 cm³/mol. The van der Waals surface area contributed by atoms with Gasteiger partial charge in [-0.3, -0.25) is 5.32 Å². The zero-order chi connectivity index (χ0) is 17.6. The Labute approximate surface area is 148 Å². The highest BCUT2D eigenvalue weighted by atomic mass is 16.5. The molecule has 1 heterocycles. The predicted octanol–water partition coefficient (Wildman–Crippen LogP) is 2.29. The molecule has 0 atom stereocenters. The van der Waals surface area contributed by atoms with Crippen LogP contribution in [-0.2, 0) is 11.3 Å². The Morgan fingerprint density at radius 2 is 1.80 bits per heavy atom. The molecule has 1 aromatic carbocycles. The van der Waals surface area contributed by atoms with Crippen LogP contribution in [0.15, 0.2) is 24.3 Å². The second-order valence-electron chi connectivity index (χ2n) is 6.68. The number of piperidine rings is 1. The van der Waals surface area contributed by atoms with E-state index in [0.717, 1.165) is 37.5 Å². The minimum atomic E-state index is -0.502. The van der Waals surface area contributed by atoms with Gasteiger partial charge in [0.15, 0.2) is 0 Å². The summed E-state index contributed by atoms with van der Waals surface area (Å²) in [6.45, 7) is 2.62. The molecule has 3 amide bonds. The first-order chi connectivity index (χ1) is 12.1. The van der Waals surface area contributed by atoms with E-state index < -0.39 is 6.09 Å². The van der Waals surface area contributed by atoms with Crippen molar-refractivity contribution in [1.29, 1.82) is 0 Å². The van der Waals surface area contributed by atoms with Gasteiger partial charge in [-0.1, -0.05) is 12.1 Å². The number of likely N-dealkylation sites (tertiary alicyclic amines) is 1. The van der Waals surface area contributed by atoms with Gasteiger partial charge >= 0.3 is 12.1 Å². The fourth-order valence-corrected chi connectivity index (χ4v) is 3.14. The molecule has 1 aromatic rings. The second kappa shape index (κ2) is 8.20. The number of hydrogen-bond donors (Lipinski definition) is 3. The molecule has 0 unspecified atom stereocenters. The number of rotatable bonds is 5. The van der Waals surface area contributed by atoms with Gasteiger partial charge in [-0.2, -0.15) is 0 Å². The minimum absolute atomic E-state index is 0.123. The SMILES string of the molecule is COC(=O)Nc1ccc(CNC(=O)NC2CCN(C3CC3)CC2)cc1. The highest BCUT2D eigenvalue weighted by Crippen LogP contribution is 2.29. The monoisotopic (exact) mass is 346 g/mol. The van der Waals surface area contributed by atoms with E-state index >= 15 is 0 Å². The number of hydrogen-bond acceptors (Lipinski definition) is 4. The highest BCUT2D eigenvalue weighted by molar-refractivity contribution is 5.84. The molecule has 136 valence electrons. The summed E-state index contributed by atoms with van der Waals surface area (Å²) in [6, 6.07) is 8.23. The molecule has 3 N–H and O–H groups in total. The third-order valence-electron chi connectivity index (χ3n) is 4.77. The van der Waals surface area contributed by atoms with Crippen molar-refractivity contribution in [3.8, 4) is 0 Å². The van der Waals surface area contributed by atoms with E-state index in [2.05, 4.69) is 25.6 Å². The summed E-state index contributed by atoms with van der Waals surface area (Å²) >= 11 is 0. The van der Waals surface area contributed by atoms with Gasteiger partial charge < -0.3 is 20.3 Å². The molecule has 1 aliphatic carbocycles. The van der Waals surface area contributed by atoms with E-state index in [1.165, 1.54) is 20.0 Å². The molecule has 1 saturated heterocycles. The van der Waals surface area contributed by atoms with E-state index in [-0.39, 0.29) is 12.1 Å². The quantitative estimate of drug-likeness (QED) is 0.764. The fourth-order valence-electron chi connectivity index (χ4n) is 3.14. The third kappa shape index (κ3) is 5.35. The summed E-state index contributed by atoms with van der Waals surface area (Å²) in [5.74, 6) is 0. The van der Waals surface area contributed by atoms with Crippen LogP contribution in [0.25, 0.3) is 0 Å². The van der Waals surface area contributed by atoms with Crippen molar-refractivity contribution in [2.75, 3.05) is 25.5 Å². The molecule has 7 heteroatoms. The molecular weight excluding hydrogens is 320 g/mol. The van der Waals surface area contributed by atoms with Crippen LogP contribution in [0.4, 0.5) is 15.3 Å². The number of urea groups is 1. The van der Waals surface area contributed by atoms with Gasteiger partial charge in [-0.25, -0.2) is 9.59 Å². The smallest absolute Gasteiger partial charge is 0.411 e. The Morgan fingerprint density at radius 3 is 2.40 bits per heavy atom. The van der Waals surface area contributed by atoms with Gasteiger partial charge in [-0.15, -0.1) is 0 Å². The Bertz CT molecular complexity index is 593. The average molecular weight is 346 g/mol. The zero-order valence-corrected chi connectivity index (χ0v) is 14.6. The van der Waals surface area contributed by atoms with Crippen molar-refractivity contribution < 1.29 is 14.3 Å². The fraction of sp³-hybridized carbons (Fsp3) is 0.556. The number of amides is 3. The number of nitrogens with one attached hydrogen (secondary N) is 3. The lowest BCUT2D eigenvalue weighted by molar-refractivity contribution is 0.185. The number of anilines is 1. The number of benzene rings is 1. The molecule has 0 aromatic heterocycles. The Hall–Kier alpha value is -2.28. The third-order valence-corrected chi connectivity index (χ3v) is 4.77. The molecule has 1 saturated carbocycles. The van der Waals surface area contributed by atoms with Crippen molar-refractivity contribution in [1.82, 2.24) is 15.5 Å². The van der Waals surface area contributed by atoms with Crippen molar-refractivity contribution in [3.63, 3.8) is 0 Å². The van der Waals surface area contributed by atoms with E-state index in [0.29, 0.717) is 12.2 Å². The van der Waals surface area contributed by atoms with Crippen LogP contribution in [0.5, 0.6) is 0 Å². The molecule has 2 fully saturated rings. The van der Waals surface area contributed by atoms with Gasteiger partial charge in [-0.05, 0) is 43.4 Å². The second-order valence-corrected chi connectivity index (χ2v) is 6.68. The highest BCUT2D eigenvalue weighted by Gasteiger charge is 2.32. The summed E-state index contributed by atoms with van der Waals surface area (Å²) in [6.07, 6.45) is 4.23. The maximum absolute atomic E-state index is 12.1. The van der Waals surface area contributed by atoms with Crippen LogP contribution in [0.3, 0.4) is 0 Å². The van der Waals surface area contributed by atoms with Crippen molar-refractivity contribution >= 4 is 17.8 Å². The average Bonchev–Trinajstić information content (AvgIpc) is 3.47. The first-order valence-electron chi connectivity index (χ1n) is 8.86. The Kier molecular flexibility index (Phi) is 5.75. The maximum Gasteiger partial charge on any atom is 0.411 e. The molecule has 7 nitrogen and oxygen atoms in total. The summed E-state index contributed by atoms with van der Waals surface area (Å²) in [5.41, 5.74) is 1.62. The zero-order valence-electron chi connectivity index (χ0n) is 14.6. The number of carbonyl (C=O) groups is 2. The van der Waals surface area contributed by atoms with Crippen molar-refractivity contribution in [2.45, 2.75) is 44.3 Å². The summed E-state index contributed by atoms with van der Waals surface area (Å²) in [5, 5.41) is 8.54. The standard InChI is InChI=1S/C18H26N4O3/c1-25-18(24)21-14-4-2-13(3-5-14)12-19-17(23)20-15-8-10-22(11-9-15)16-6-7-16/h2-5,15-16H,6-12H2,1H3,(H,21,24)(H2,19,20,23). The minimum Gasteiger partial charge on any atom is -0.453 e. The molecule has 1 aliphatic heterocycles. The lowest BCUT2D eigenvalue weighted by Crippen LogP contribution is -2.48. The van der Waals surface area contributed by atoms with Crippen LogP contribution in [-0.4, -0.2) is 49.3 Å². The van der Waals surface area contributed by atoms with Crippen molar-refractivity contribution in [3.05, 3.63) is 29.8 Å². The molecule has 2 aliphatic rings.